The monoisotopic (exact) mass is 420 g/mol. The van der Waals surface area contributed by atoms with Crippen LogP contribution in [0.15, 0.2) is 30.3 Å². The number of hydrogen-bond acceptors (Lipinski definition) is 4. The summed E-state index contributed by atoms with van der Waals surface area (Å²) in [6.45, 7) is 8.65. The number of alkyl carbamates (subject to hydrolysis) is 1. The molecule has 0 bridgehead atoms. The normalized spacial score (nSPS) is 11.9. The minimum Gasteiger partial charge on any atom is -0.450 e. The second-order valence-electron chi connectivity index (χ2n) is 7.30. The fourth-order valence-corrected chi connectivity index (χ4v) is 3.40. The first-order chi connectivity index (χ1) is 13.8. The van der Waals surface area contributed by atoms with Crippen LogP contribution in [0.25, 0.3) is 0 Å². The van der Waals surface area contributed by atoms with E-state index in [1.54, 1.807) is 18.5 Å². The van der Waals surface area contributed by atoms with Gasteiger partial charge in [-0.1, -0.05) is 55.8 Å². The van der Waals surface area contributed by atoms with E-state index in [9.17, 15) is 9.59 Å². The van der Waals surface area contributed by atoms with Crippen molar-refractivity contribution < 1.29 is 14.3 Å². The molecular weight excluding hydrogens is 392 g/mol. The third-order valence-electron chi connectivity index (χ3n) is 4.33. The zero-order valence-electron chi connectivity index (χ0n) is 17.4. The smallest absolute Gasteiger partial charge is 0.407 e. The van der Waals surface area contributed by atoms with Crippen molar-refractivity contribution in [2.45, 2.75) is 46.7 Å². The van der Waals surface area contributed by atoms with Crippen molar-refractivity contribution in [3.63, 3.8) is 0 Å². The minimum absolute atomic E-state index is 0.239. The van der Waals surface area contributed by atoms with E-state index < -0.39 is 6.09 Å². The number of carbonyl (C=O) groups is 2. The molecule has 0 aliphatic rings. The Hall–Kier alpha value is -2.54. The molecule has 0 radical (unpaired) electrons. The van der Waals surface area contributed by atoms with Gasteiger partial charge in [0.05, 0.1) is 24.4 Å². The number of hydrogen-bond donors (Lipinski definition) is 2. The van der Waals surface area contributed by atoms with Gasteiger partial charge in [-0.25, -0.2) is 9.48 Å². The van der Waals surface area contributed by atoms with Crippen LogP contribution < -0.4 is 10.6 Å². The Morgan fingerprint density at radius 3 is 2.55 bits per heavy atom. The quantitative estimate of drug-likeness (QED) is 0.646. The second kappa shape index (κ2) is 10.9. The Labute approximate surface area is 176 Å². The molecule has 0 fully saturated rings. The molecule has 0 aliphatic carbocycles. The highest BCUT2D eigenvalue weighted by molar-refractivity contribution is 6.33. The summed E-state index contributed by atoms with van der Waals surface area (Å²) in [6.07, 6.45) is 0.219. The van der Waals surface area contributed by atoms with E-state index in [2.05, 4.69) is 29.6 Å². The van der Waals surface area contributed by atoms with Crippen molar-refractivity contribution in [2.75, 3.05) is 13.2 Å². The lowest BCUT2D eigenvalue weighted by molar-refractivity contribution is 0.0944. The Bertz CT molecular complexity index is 821. The SMILES string of the molecule is CCOC(=O)NC(CNC(=O)c1c(C)nn(Cc2ccccc2)c1Cl)CC(C)C. The molecule has 1 atom stereocenters. The molecule has 0 spiro atoms. The number of aromatic nitrogens is 2. The van der Waals surface area contributed by atoms with Crippen LogP contribution in [0.2, 0.25) is 5.15 Å². The molecule has 0 saturated heterocycles. The van der Waals surface area contributed by atoms with E-state index in [1.165, 1.54) is 0 Å². The maximum atomic E-state index is 12.8. The zero-order chi connectivity index (χ0) is 21.4. The molecule has 0 saturated carbocycles. The molecule has 1 aromatic heterocycles. The first kappa shape index (κ1) is 22.7. The van der Waals surface area contributed by atoms with Crippen LogP contribution in [0.5, 0.6) is 0 Å². The summed E-state index contributed by atoms with van der Waals surface area (Å²) < 4.78 is 6.56. The van der Waals surface area contributed by atoms with Gasteiger partial charge in [-0.2, -0.15) is 5.10 Å². The van der Waals surface area contributed by atoms with E-state index in [0.717, 1.165) is 5.56 Å². The maximum Gasteiger partial charge on any atom is 0.407 e. The van der Waals surface area contributed by atoms with E-state index in [0.29, 0.717) is 41.9 Å². The van der Waals surface area contributed by atoms with Crippen molar-refractivity contribution in [1.29, 1.82) is 0 Å². The summed E-state index contributed by atoms with van der Waals surface area (Å²) >= 11 is 6.45. The Morgan fingerprint density at radius 2 is 1.93 bits per heavy atom. The van der Waals surface area contributed by atoms with Crippen molar-refractivity contribution in [2.24, 2.45) is 5.92 Å². The molecule has 29 heavy (non-hydrogen) atoms. The highest BCUT2D eigenvalue weighted by Crippen LogP contribution is 2.21. The number of nitrogens with zero attached hydrogens (tertiary/aromatic N) is 2. The molecule has 2 amide bonds. The van der Waals surface area contributed by atoms with E-state index >= 15 is 0 Å². The van der Waals surface area contributed by atoms with E-state index in [1.807, 2.05) is 30.3 Å². The number of benzene rings is 1. The summed E-state index contributed by atoms with van der Waals surface area (Å²) in [5.41, 5.74) is 1.95. The van der Waals surface area contributed by atoms with Crippen LogP contribution in [-0.2, 0) is 11.3 Å². The van der Waals surface area contributed by atoms with Gasteiger partial charge >= 0.3 is 6.09 Å². The number of ether oxygens (including phenoxy) is 1. The minimum atomic E-state index is -0.489. The molecule has 2 N–H and O–H groups in total. The Balaban J connectivity index is 2.06. The van der Waals surface area contributed by atoms with Crippen LogP contribution in [0, 0.1) is 12.8 Å². The van der Waals surface area contributed by atoms with Crippen LogP contribution >= 0.6 is 11.6 Å². The molecule has 1 heterocycles. The molecule has 158 valence electrons. The van der Waals surface area contributed by atoms with E-state index in [4.69, 9.17) is 16.3 Å². The van der Waals surface area contributed by atoms with Crippen molar-refractivity contribution in [3.05, 3.63) is 52.3 Å². The third-order valence-corrected chi connectivity index (χ3v) is 4.71. The van der Waals surface area contributed by atoms with Crippen molar-refractivity contribution >= 4 is 23.6 Å². The fourth-order valence-electron chi connectivity index (χ4n) is 3.08. The summed E-state index contributed by atoms with van der Waals surface area (Å²) in [4.78, 5) is 24.5. The van der Waals surface area contributed by atoms with Gasteiger partial charge in [0.25, 0.3) is 5.91 Å². The number of amides is 2. The molecule has 2 aromatic rings. The van der Waals surface area contributed by atoms with Gasteiger partial charge in [0, 0.05) is 12.6 Å². The lowest BCUT2D eigenvalue weighted by atomic mass is 10.0. The highest BCUT2D eigenvalue weighted by atomic mass is 35.5. The number of halogens is 1. The van der Waals surface area contributed by atoms with Crippen LogP contribution in [-0.4, -0.2) is 41.0 Å². The second-order valence-corrected chi connectivity index (χ2v) is 7.65. The van der Waals surface area contributed by atoms with Crippen molar-refractivity contribution in [1.82, 2.24) is 20.4 Å². The number of aryl methyl sites for hydroxylation is 1. The summed E-state index contributed by atoms with van der Waals surface area (Å²) in [6, 6.07) is 9.54. The number of carbonyl (C=O) groups excluding carboxylic acids is 2. The molecule has 2 rings (SSSR count). The van der Waals surface area contributed by atoms with Gasteiger partial charge in [-0.15, -0.1) is 0 Å². The number of rotatable bonds is 9. The van der Waals surface area contributed by atoms with Gasteiger partial charge in [-0.3, -0.25) is 4.79 Å². The Kier molecular flexibility index (Phi) is 8.51. The van der Waals surface area contributed by atoms with Gasteiger partial charge in [0.2, 0.25) is 0 Å². The lowest BCUT2D eigenvalue weighted by Gasteiger charge is -2.20. The summed E-state index contributed by atoms with van der Waals surface area (Å²) in [5, 5.41) is 10.4. The van der Waals surface area contributed by atoms with Gasteiger partial charge in [0.1, 0.15) is 5.15 Å². The van der Waals surface area contributed by atoms with Crippen LogP contribution in [0.4, 0.5) is 4.79 Å². The third kappa shape index (κ3) is 6.78. The molecule has 1 aromatic carbocycles. The van der Waals surface area contributed by atoms with Crippen molar-refractivity contribution in [3.8, 4) is 0 Å². The summed E-state index contributed by atoms with van der Waals surface area (Å²) in [7, 11) is 0. The molecule has 0 aliphatic heterocycles. The number of nitrogens with one attached hydrogen (secondary N) is 2. The predicted molar refractivity (Wildman–Crippen MR) is 113 cm³/mol. The zero-order valence-corrected chi connectivity index (χ0v) is 18.1. The molecular formula is C21H29ClN4O3. The maximum absolute atomic E-state index is 12.8. The van der Waals surface area contributed by atoms with Crippen LogP contribution in [0.3, 0.4) is 0 Å². The van der Waals surface area contributed by atoms with Gasteiger partial charge in [-0.05, 0) is 31.7 Å². The Morgan fingerprint density at radius 1 is 1.24 bits per heavy atom. The van der Waals surface area contributed by atoms with Gasteiger partial charge < -0.3 is 15.4 Å². The first-order valence-corrected chi connectivity index (χ1v) is 10.2. The van der Waals surface area contributed by atoms with Crippen LogP contribution in [0.1, 0.15) is 48.8 Å². The predicted octanol–water partition coefficient (Wildman–Crippen LogP) is 3.78. The summed E-state index contributed by atoms with van der Waals surface area (Å²) in [5.74, 6) is 0.0315. The van der Waals surface area contributed by atoms with Gasteiger partial charge in [0.15, 0.2) is 0 Å². The molecule has 7 nitrogen and oxygen atoms in total. The standard InChI is InChI=1S/C21H29ClN4O3/c1-5-29-21(28)24-17(11-14(2)3)12-23-20(27)18-15(4)25-26(19(18)22)13-16-9-7-6-8-10-16/h6-10,14,17H,5,11-13H2,1-4H3,(H,23,27)(H,24,28). The topological polar surface area (TPSA) is 85.2 Å². The largest absolute Gasteiger partial charge is 0.450 e. The molecule has 8 heteroatoms. The average molecular weight is 421 g/mol. The highest BCUT2D eigenvalue weighted by Gasteiger charge is 2.22. The average Bonchev–Trinajstić information content (AvgIpc) is 2.93. The molecule has 1 unspecified atom stereocenters. The van der Waals surface area contributed by atoms with E-state index in [-0.39, 0.29) is 18.5 Å². The fraction of sp³-hybridized carbons (Fsp3) is 0.476. The lowest BCUT2D eigenvalue weighted by Crippen LogP contribution is -2.44. The first-order valence-electron chi connectivity index (χ1n) is 9.80.